The fourth-order valence-corrected chi connectivity index (χ4v) is 2.06. The summed E-state index contributed by atoms with van der Waals surface area (Å²) in [5, 5.41) is 8.25. The van der Waals surface area contributed by atoms with E-state index < -0.39 is 0 Å². The summed E-state index contributed by atoms with van der Waals surface area (Å²) < 4.78 is 8.13. The summed E-state index contributed by atoms with van der Waals surface area (Å²) >= 11 is 3.38. The zero-order valence-corrected chi connectivity index (χ0v) is 11.1. The smallest absolute Gasteiger partial charge is 0.228 e. The predicted molar refractivity (Wildman–Crippen MR) is 64.6 cm³/mol. The molecule has 1 aliphatic carbocycles. The van der Waals surface area contributed by atoms with Gasteiger partial charge in [0.25, 0.3) is 0 Å². The molecule has 2 aromatic heterocycles. The first kappa shape index (κ1) is 11.0. The normalized spacial score (nSPS) is 17.3. The van der Waals surface area contributed by atoms with Crippen molar-refractivity contribution in [2.45, 2.75) is 38.1 Å². The Labute approximate surface area is 107 Å². The van der Waals surface area contributed by atoms with E-state index in [1.165, 1.54) is 12.8 Å². The van der Waals surface area contributed by atoms with Crippen LogP contribution in [0.3, 0.4) is 0 Å². The van der Waals surface area contributed by atoms with E-state index in [4.69, 9.17) is 4.52 Å². The Hall–Kier alpha value is -1.17. The molecule has 6 heteroatoms. The largest absolute Gasteiger partial charge is 0.339 e. The van der Waals surface area contributed by atoms with Crippen LogP contribution >= 0.6 is 15.9 Å². The topological polar surface area (TPSA) is 56.7 Å². The molecule has 5 nitrogen and oxygen atoms in total. The molecule has 0 spiro atoms. The quantitative estimate of drug-likeness (QED) is 0.870. The second-order valence-electron chi connectivity index (χ2n) is 4.51. The van der Waals surface area contributed by atoms with Gasteiger partial charge in [0.05, 0.1) is 16.7 Å². The molecule has 2 heterocycles. The maximum Gasteiger partial charge on any atom is 0.228 e. The van der Waals surface area contributed by atoms with E-state index in [2.05, 4.69) is 38.1 Å². The van der Waals surface area contributed by atoms with Crippen LogP contribution in [0.15, 0.2) is 21.4 Å². The van der Waals surface area contributed by atoms with Crippen LogP contribution in [-0.4, -0.2) is 19.9 Å². The summed E-state index contributed by atoms with van der Waals surface area (Å²) in [6.45, 7) is 2.08. The molecule has 0 N–H and O–H groups in total. The van der Waals surface area contributed by atoms with Crippen molar-refractivity contribution in [3.8, 4) is 0 Å². The van der Waals surface area contributed by atoms with Gasteiger partial charge in [-0.05, 0) is 35.7 Å². The molecule has 0 amide bonds. The third kappa shape index (κ3) is 2.41. The lowest BCUT2D eigenvalue weighted by Crippen LogP contribution is -2.08. The minimum atomic E-state index is 0.216. The molecule has 0 aliphatic heterocycles. The SMILES string of the molecule is CC(Cc1nc(C2CC2)no1)n1cc(Br)cn1. The molecule has 1 saturated carbocycles. The maximum atomic E-state index is 5.25. The molecule has 90 valence electrons. The van der Waals surface area contributed by atoms with Crippen molar-refractivity contribution in [1.29, 1.82) is 0 Å². The van der Waals surface area contributed by atoms with Gasteiger partial charge in [-0.2, -0.15) is 10.1 Å². The van der Waals surface area contributed by atoms with Crippen molar-refractivity contribution in [2.75, 3.05) is 0 Å². The number of aromatic nitrogens is 4. The molecule has 1 atom stereocenters. The van der Waals surface area contributed by atoms with Gasteiger partial charge in [-0.15, -0.1) is 0 Å². The molecular formula is C11H13BrN4O. The summed E-state index contributed by atoms with van der Waals surface area (Å²) in [5.74, 6) is 2.11. The van der Waals surface area contributed by atoms with Crippen molar-refractivity contribution in [1.82, 2.24) is 19.9 Å². The zero-order chi connectivity index (χ0) is 11.8. The van der Waals surface area contributed by atoms with Crippen LogP contribution in [0.4, 0.5) is 0 Å². The highest BCUT2D eigenvalue weighted by Gasteiger charge is 2.29. The van der Waals surface area contributed by atoms with E-state index in [1.54, 1.807) is 6.20 Å². The van der Waals surface area contributed by atoms with E-state index in [1.807, 2.05) is 10.9 Å². The van der Waals surface area contributed by atoms with Crippen LogP contribution in [0.5, 0.6) is 0 Å². The predicted octanol–water partition coefficient (Wildman–Crippen LogP) is 2.71. The highest BCUT2D eigenvalue weighted by molar-refractivity contribution is 9.10. The molecule has 1 unspecified atom stereocenters. The molecule has 17 heavy (non-hydrogen) atoms. The van der Waals surface area contributed by atoms with E-state index in [0.717, 1.165) is 10.3 Å². The molecule has 2 aromatic rings. The Morgan fingerprint density at radius 1 is 1.59 bits per heavy atom. The van der Waals surface area contributed by atoms with Crippen molar-refractivity contribution >= 4 is 15.9 Å². The summed E-state index contributed by atoms with van der Waals surface area (Å²) in [4.78, 5) is 4.41. The van der Waals surface area contributed by atoms with Gasteiger partial charge < -0.3 is 4.52 Å². The first-order valence-electron chi connectivity index (χ1n) is 5.74. The molecule has 0 bridgehead atoms. The van der Waals surface area contributed by atoms with Crippen molar-refractivity contribution in [3.63, 3.8) is 0 Å². The van der Waals surface area contributed by atoms with Crippen LogP contribution in [0.2, 0.25) is 0 Å². The van der Waals surface area contributed by atoms with Crippen LogP contribution in [0.1, 0.15) is 43.4 Å². The average Bonchev–Trinajstić information content (AvgIpc) is 2.90. The van der Waals surface area contributed by atoms with Crippen LogP contribution in [-0.2, 0) is 6.42 Å². The van der Waals surface area contributed by atoms with Gasteiger partial charge in [0, 0.05) is 18.5 Å². The van der Waals surface area contributed by atoms with Gasteiger partial charge in [0.15, 0.2) is 5.82 Å². The molecule has 3 rings (SSSR count). The van der Waals surface area contributed by atoms with E-state index in [9.17, 15) is 0 Å². The van der Waals surface area contributed by atoms with Gasteiger partial charge in [0.2, 0.25) is 5.89 Å². The number of hydrogen-bond acceptors (Lipinski definition) is 4. The first-order valence-corrected chi connectivity index (χ1v) is 6.54. The van der Waals surface area contributed by atoms with Crippen molar-refractivity contribution in [3.05, 3.63) is 28.6 Å². The van der Waals surface area contributed by atoms with Gasteiger partial charge in [0.1, 0.15) is 0 Å². The molecule has 1 fully saturated rings. The third-order valence-electron chi connectivity index (χ3n) is 2.92. The highest BCUT2D eigenvalue weighted by Crippen LogP contribution is 2.38. The van der Waals surface area contributed by atoms with Crippen molar-refractivity contribution < 1.29 is 4.52 Å². The van der Waals surface area contributed by atoms with Gasteiger partial charge in [-0.25, -0.2) is 0 Å². The Kier molecular flexibility index (Phi) is 2.74. The number of halogens is 1. The Bertz CT molecular complexity index is 517. The summed E-state index contributed by atoms with van der Waals surface area (Å²) in [7, 11) is 0. The minimum Gasteiger partial charge on any atom is -0.339 e. The Morgan fingerprint density at radius 3 is 3.06 bits per heavy atom. The Morgan fingerprint density at radius 2 is 2.41 bits per heavy atom. The van der Waals surface area contributed by atoms with Gasteiger partial charge in [-0.1, -0.05) is 5.16 Å². The Balaban J connectivity index is 1.68. The summed E-state index contributed by atoms with van der Waals surface area (Å²) in [5.41, 5.74) is 0. The standard InChI is InChI=1S/C11H13BrN4O/c1-7(16-6-9(12)5-13-16)4-10-14-11(15-17-10)8-2-3-8/h5-8H,2-4H2,1H3. The lowest BCUT2D eigenvalue weighted by molar-refractivity contribution is 0.346. The van der Waals surface area contributed by atoms with Crippen LogP contribution in [0.25, 0.3) is 0 Å². The minimum absolute atomic E-state index is 0.216. The fourth-order valence-electron chi connectivity index (χ4n) is 1.76. The maximum absolute atomic E-state index is 5.25. The number of rotatable bonds is 4. The first-order chi connectivity index (χ1) is 8.22. The lowest BCUT2D eigenvalue weighted by Gasteiger charge is -2.08. The van der Waals surface area contributed by atoms with E-state index in [0.29, 0.717) is 18.2 Å². The average molecular weight is 297 g/mol. The summed E-state index contributed by atoms with van der Waals surface area (Å²) in [6.07, 6.45) is 6.83. The summed E-state index contributed by atoms with van der Waals surface area (Å²) in [6, 6.07) is 0.216. The van der Waals surface area contributed by atoms with Crippen molar-refractivity contribution in [2.24, 2.45) is 0 Å². The second-order valence-corrected chi connectivity index (χ2v) is 5.43. The lowest BCUT2D eigenvalue weighted by atomic mass is 10.2. The zero-order valence-electron chi connectivity index (χ0n) is 9.51. The number of hydrogen-bond donors (Lipinski definition) is 0. The van der Waals surface area contributed by atoms with E-state index >= 15 is 0 Å². The van der Waals surface area contributed by atoms with E-state index in [-0.39, 0.29) is 6.04 Å². The number of nitrogens with zero attached hydrogens (tertiary/aromatic N) is 4. The molecule has 0 radical (unpaired) electrons. The third-order valence-corrected chi connectivity index (χ3v) is 3.33. The fraction of sp³-hybridized carbons (Fsp3) is 0.545. The molecule has 0 saturated heterocycles. The monoisotopic (exact) mass is 296 g/mol. The van der Waals surface area contributed by atoms with Gasteiger partial charge >= 0.3 is 0 Å². The molecule has 0 aromatic carbocycles. The second kappa shape index (κ2) is 4.25. The highest BCUT2D eigenvalue weighted by atomic mass is 79.9. The molecule has 1 aliphatic rings. The van der Waals surface area contributed by atoms with Crippen LogP contribution in [0, 0.1) is 0 Å². The van der Waals surface area contributed by atoms with Crippen LogP contribution < -0.4 is 0 Å². The molecular weight excluding hydrogens is 284 g/mol. The van der Waals surface area contributed by atoms with Gasteiger partial charge in [-0.3, -0.25) is 4.68 Å².